The molecule has 1 fully saturated rings. The molecule has 1 rings (SSSR count). The first-order valence-corrected chi connectivity index (χ1v) is 10.8. The number of hydrogen-bond acceptors (Lipinski definition) is 12. The van der Waals surface area contributed by atoms with Gasteiger partial charge in [-0.1, -0.05) is 13.2 Å². The third kappa shape index (κ3) is 25.2. The average molecular weight is 551 g/mol. The van der Waals surface area contributed by atoms with E-state index < -0.39 is 49.0 Å². The SMILES string of the molecule is C=C(C)C(=O)OCC(O)CN(CC(=O)O)CC(=O)O.C=C(C)C(=O)OCC1CO1.O=C(O)CNCC(=O)O. The Kier molecular flexibility index (Phi) is 19.3. The molecule has 0 amide bonds. The van der Waals surface area contributed by atoms with Crippen LogP contribution in [0.2, 0.25) is 0 Å². The van der Waals surface area contributed by atoms with Crippen molar-refractivity contribution < 1.29 is 68.5 Å². The Balaban J connectivity index is 0. The third-order valence-corrected chi connectivity index (χ3v) is 3.65. The van der Waals surface area contributed by atoms with Crippen LogP contribution in [0.5, 0.6) is 0 Å². The molecule has 38 heavy (non-hydrogen) atoms. The lowest BCUT2D eigenvalue weighted by Gasteiger charge is -2.21. The van der Waals surface area contributed by atoms with Gasteiger partial charge < -0.3 is 39.7 Å². The molecule has 0 spiro atoms. The first-order valence-electron chi connectivity index (χ1n) is 10.8. The molecule has 16 heteroatoms. The van der Waals surface area contributed by atoms with E-state index in [0.29, 0.717) is 18.8 Å². The maximum Gasteiger partial charge on any atom is 0.333 e. The van der Waals surface area contributed by atoms with Crippen LogP contribution in [0, 0.1) is 0 Å². The summed E-state index contributed by atoms with van der Waals surface area (Å²) < 4.78 is 14.3. The highest BCUT2D eigenvalue weighted by Gasteiger charge is 2.24. The third-order valence-electron chi connectivity index (χ3n) is 3.65. The Morgan fingerprint density at radius 2 is 1.29 bits per heavy atom. The second-order valence-electron chi connectivity index (χ2n) is 7.71. The summed E-state index contributed by atoms with van der Waals surface area (Å²) in [4.78, 5) is 63.2. The fraction of sp³-hybridized carbons (Fsp3) is 0.545. The Morgan fingerprint density at radius 1 is 0.868 bits per heavy atom. The maximum absolute atomic E-state index is 11.1. The molecule has 0 aliphatic carbocycles. The zero-order valence-electron chi connectivity index (χ0n) is 21.1. The van der Waals surface area contributed by atoms with Crippen LogP contribution in [-0.2, 0) is 43.0 Å². The average Bonchev–Trinajstić information content (AvgIpc) is 3.59. The first-order chi connectivity index (χ1) is 17.5. The monoisotopic (exact) mass is 550 g/mol. The van der Waals surface area contributed by atoms with Crippen molar-refractivity contribution in [2.75, 3.05) is 52.5 Å². The number of carboxylic acids is 4. The molecule has 6 N–H and O–H groups in total. The molecule has 1 heterocycles. The fourth-order valence-corrected chi connectivity index (χ4v) is 1.95. The predicted molar refractivity (Wildman–Crippen MR) is 127 cm³/mol. The molecule has 1 saturated heterocycles. The quantitative estimate of drug-likeness (QED) is 0.0703. The Hall–Kier alpha value is -3.86. The molecule has 0 aromatic heterocycles. The minimum Gasteiger partial charge on any atom is -0.480 e. The van der Waals surface area contributed by atoms with E-state index in [0.717, 1.165) is 4.90 Å². The van der Waals surface area contributed by atoms with Crippen molar-refractivity contribution in [1.29, 1.82) is 0 Å². The Bertz CT molecular complexity index is 823. The summed E-state index contributed by atoms with van der Waals surface area (Å²) in [6, 6.07) is 0. The Labute approximate surface area is 218 Å². The molecule has 2 unspecified atom stereocenters. The van der Waals surface area contributed by atoms with Gasteiger partial charge in [-0.3, -0.25) is 29.4 Å². The largest absolute Gasteiger partial charge is 0.480 e. The number of ether oxygens (including phenoxy) is 3. The highest BCUT2D eigenvalue weighted by molar-refractivity contribution is 5.87. The molecular formula is C22H34N2O14. The predicted octanol–water partition coefficient (Wildman–Crippen LogP) is -1.81. The van der Waals surface area contributed by atoms with Crippen LogP contribution in [0.3, 0.4) is 0 Å². The normalized spacial score (nSPS) is 13.8. The summed E-state index contributed by atoms with van der Waals surface area (Å²) in [6.07, 6.45) is -1.04. The number of aliphatic hydroxyl groups is 1. The number of epoxide rings is 1. The van der Waals surface area contributed by atoms with Gasteiger partial charge in [0.1, 0.15) is 25.4 Å². The number of aliphatic carboxylic acids is 4. The highest BCUT2D eigenvalue weighted by atomic mass is 16.6. The lowest BCUT2D eigenvalue weighted by molar-refractivity contribution is -0.146. The zero-order chi connectivity index (χ0) is 29.8. The van der Waals surface area contributed by atoms with Gasteiger partial charge in [0, 0.05) is 17.7 Å². The summed E-state index contributed by atoms with van der Waals surface area (Å²) in [5.41, 5.74) is 0.598. The van der Waals surface area contributed by atoms with Crippen LogP contribution in [0.15, 0.2) is 24.3 Å². The van der Waals surface area contributed by atoms with Crippen molar-refractivity contribution in [2.24, 2.45) is 0 Å². The van der Waals surface area contributed by atoms with Gasteiger partial charge in [-0.2, -0.15) is 0 Å². The highest BCUT2D eigenvalue weighted by Crippen LogP contribution is 2.09. The Morgan fingerprint density at radius 3 is 1.63 bits per heavy atom. The molecule has 216 valence electrons. The summed E-state index contributed by atoms with van der Waals surface area (Å²) in [5.74, 6) is -5.56. The van der Waals surface area contributed by atoms with Gasteiger partial charge >= 0.3 is 35.8 Å². The zero-order valence-corrected chi connectivity index (χ0v) is 21.1. The van der Waals surface area contributed by atoms with Crippen LogP contribution in [0.4, 0.5) is 0 Å². The van der Waals surface area contributed by atoms with E-state index in [1.165, 1.54) is 6.92 Å². The standard InChI is InChI=1S/C11H17NO7.C7H10O3.C4H7NO4/c1-7(2)11(18)19-6-8(13)3-12(4-9(14)15)5-10(16)17;1-5(2)7(8)10-4-6-3-9-6;6-3(7)1-5-2-4(8)9/h8,13H,1,3-6H2,2H3,(H,14,15)(H,16,17);6H,1,3-4H2,2H3;5H,1-2H2,(H,6,7)(H,8,9). The second-order valence-corrected chi connectivity index (χ2v) is 7.71. The fourth-order valence-electron chi connectivity index (χ4n) is 1.95. The lowest BCUT2D eigenvalue weighted by atomic mass is 10.3. The van der Waals surface area contributed by atoms with Crippen molar-refractivity contribution >= 4 is 35.8 Å². The van der Waals surface area contributed by atoms with Gasteiger partial charge in [-0.25, -0.2) is 9.59 Å². The lowest BCUT2D eigenvalue weighted by Crippen LogP contribution is -2.41. The van der Waals surface area contributed by atoms with Gasteiger partial charge in [-0.05, 0) is 13.8 Å². The van der Waals surface area contributed by atoms with Crippen LogP contribution in [-0.4, -0.2) is 131 Å². The number of hydrogen-bond donors (Lipinski definition) is 6. The van der Waals surface area contributed by atoms with Gasteiger partial charge in [0.25, 0.3) is 0 Å². The first kappa shape index (κ1) is 36.3. The molecule has 1 aliphatic rings. The number of aliphatic hydroxyl groups excluding tert-OH is 1. The van der Waals surface area contributed by atoms with Crippen LogP contribution in [0.1, 0.15) is 13.8 Å². The van der Waals surface area contributed by atoms with E-state index in [2.05, 4.69) is 23.2 Å². The van der Waals surface area contributed by atoms with Crippen molar-refractivity contribution in [3.8, 4) is 0 Å². The van der Waals surface area contributed by atoms with Crippen molar-refractivity contribution in [3.05, 3.63) is 24.3 Å². The van der Waals surface area contributed by atoms with E-state index in [1.807, 2.05) is 0 Å². The summed E-state index contributed by atoms with van der Waals surface area (Å²) in [7, 11) is 0. The molecular weight excluding hydrogens is 516 g/mol. The topological polar surface area (TPSA) is 250 Å². The molecule has 0 bridgehead atoms. The van der Waals surface area contributed by atoms with Crippen LogP contribution < -0.4 is 5.32 Å². The molecule has 0 radical (unpaired) electrons. The molecule has 0 saturated carbocycles. The molecule has 2 atom stereocenters. The van der Waals surface area contributed by atoms with Crippen molar-refractivity contribution in [1.82, 2.24) is 10.2 Å². The van der Waals surface area contributed by atoms with Gasteiger partial charge in [0.15, 0.2) is 0 Å². The number of nitrogens with zero attached hydrogens (tertiary/aromatic N) is 1. The van der Waals surface area contributed by atoms with Gasteiger partial charge in [-0.15, -0.1) is 0 Å². The molecule has 16 nitrogen and oxygen atoms in total. The van der Waals surface area contributed by atoms with E-state index in [9.17, 15) is 33.9 Å². The minimum atomic E-state index is -1.22. The molecule has 0 aromatic rings. The number of carbonyl (C=O) groups excluding carboxylic acids is 2. The van der Waals surface area contributed by atoms with Crippen molar-refractivity contribution in [3.63, 3.8) is 0 Å². The molecule has 0 aromatic carbocycles. The summed E-state index contributed by atoms with van der Waals surface area (Å²) in [6.45, 7) is 8.65. The number of carboxylic acid groups (broad SMARTS) is 4. The number of carbonyl (C=O) groups is 6. The van der Waals surface area contributed by atoms with E-state index >= 15 is 0 Å². The smallest absolute Gasteiger partial charge is 0.333 e. The summed E-state index contributed by atoms with van der Waals surface area (Å²) >= 11 is 0. The van der Waals surface area contributed by atoms with Crippen molar-refractivity contribution in [2.45, 2.75) is 26.1 Å². The van der Waals surface area contributed by atoms with E-state index in [4.69, 9.17) is 29.9 Å². The maximum atomic E-state index is 11.1. The number of esters is 2. The van der Waals surface area contributed by atoms with E-state index in [-0.39, 0.29) is 43.9 Å². The van der Waals surface area contributed by atoms with Crippen LogP contribution in [0.25, 0.3) is 0 Å². The number of nitrogens with one attached hydrogen (secondary N) is 1. The van der Waals surface area contributed by atoms with Gasteiger partial charge in [0.2, 0.25) is 0 Å². The minimum absolute atomic E-state index is 0.142. The molecule has 1 aliphatic heterocycles. The number of rotatable bonds is 16. The summed E-state index contributed by atoms with van der Waals surface area (Å²) in [5, 5.41) is 44.8. The van der Waals surface area contributed by atoms with Gasteiger partial charge in [0.05, 0.1) is 32.8 Å². The van der Waals surface area contributed by atoms with E-state index in [1.54, 1.807) is 6.92 Å². The second kappa shape index (κ2) is 20.2. The van der Waals surface area contributed by atoms with Crippen LogP contribution >= 0.6 is 0 Å².